The normalized spacial score (nSPS) is 12.1. The van der Waals surface area contributed by atoms with E-state index in [1.54, 1.807) is 25.3 Å². The highest BCUT2D eigenvalue weighted by Gasteiger charge is 2.26. The molecule has 0 aliphatic heterocycles. The first-order valence-corrected chi connectivity index (χ1v) is 13.8. The van der Waals surface area contributed by atoms with Gasteiger partial charge in [0.1, 0.15) is 17.4 Å². The molecular weight excluding hydrogens is 537 g/mol. The van der Waals surface area contributed by atoms with E-state index in [4.69, 9.17) is 38.7 Å². The molecule has 0 saturated heterocycles. The molecule has 0 unspecified atom stereocenters. The molecule has 2 heterocycles. The van der Waals surface area contributed by atoms with E-state index in [2.05, 4.69) is 14.8 Å². The fraction of sp³-hybridized carbons (Fsp3) is 0.379. The van der Waals surface area contributed by atoms with Crippen LogP contribution in [0.2, 0.25) is 10.0 Å². The molecule has 1 atom stereocenters. The predicted molar refractivity (Wildman–Crippen MR) is 154 cm³/mol. The molecule has 2 aromatic heterocycles. The zero-order chi connectivity index (χ0) is 28.1. The molecule has 2 aromatic carbocycles. The van der Waals surface area contributed by atoms with Crippen molar-refractivity contribution in [3.8, 4) is 17.1 Å². The van der Waals surface area contributed by atoms with E-state index in [0.717, 1.165) is 47.8 Å². The van der Waals surface area contributed by atoms with Gasteiger partial charge in [-0.3, -0.25) is 14.7 Å². The van der Waals surface area contributed by atoms with Gasteiger partial charge in [-0.15, -0.1) is 0 Å². The topological polar surface area (TPSA) is 116 Å². The number of fused-ring (bicyclic) bond motifs is 1. The summed E-state index contributed by atoms with van der Waals surface area (Å²) in [4.78, 5) is 28.6. The number of Topliss-reactive ketones (excluding diaryl/α,β-unsaturated/α-hetero) is 1. The van der Waals surface area contributed by atoms with Crippen LogP contribution in [0.4, 0.5) is 0 Å². The number of methoxy groups -OCH3 is 1. The summed E-state index contributed by atoms with van der Waals surface area (Å²) < 4.78 is 7.66. The summed E-state index contributed by atoms with van der Waals surface area (Å²) in [7, 11) is 1.61. The van der Waals surface area contributed by atoms with Crippen LogP contribution in [-0.4, -0.2) is 38.5 Å². The van der Waals surface area contributed by atoms with Crippen LogP contribution in [-0.2, 0) is 16.0 Å². The molecule has 0 bridgehead atoms. The van der Waals surface area contributed by atoms with Crippen LogP contribution in [0.15, 0.2) is 36.4 Å². The fourth-order valence-corrected chi connectivity index (χ4v) is 5.58. The van der Waals surface area contributed by atoms with E-state index in [1.807, 2.05) is 32.0 Å². The SMILES string of the molecule is CCC(=O)CCCCC[C@@H](c1nc(-c2cc(Cl)cc(Cl)c2)n[nH]1)n1c(C)c(CC(N)=O)c2cc(OC)ccc21. The van der Waals surface area contributed by atoms with Crippen LogP contribution in [0.25, 0.3) is 22.3 Å². The van der Waals surface area contributed by atoms with Crippen LogP contribution < -0.4 is 10.5 Å². The number of hydrogen-bond acceptors (Lipinski definition) is 5. The Labute approximate surface area is 237 Å². The highest BCUT2D eigenvalue weighted by Crippen LogP contribution is 2.36. The van der Waals surface area contributed by atoms with Crippen molar-refractivity contribution >= 4 is 45.8 Å². The Balaban J connectivity index is 1.77. The highest BCUT2D eigenvalue weighted by molar-refractivity contribution is 6.35. The van der Waals surface area contributed by atoms with E-state index in [0.29, 0.717) is 45.8 Å². The Bertz CT molecular complexity index is 1470. The third-order valence-electron chi connectivity index (χ3n) is 7.02. The number of nitrogens with one attached hydrogen (secondary N) is 1. The lowest BCUT2D eigenvalue weighted by Crippen LogP contribution is -2.16. The summed E-state index contributed by atoms with van der Waals surface area (Å²) >= 11 is 12.4. The number of hydrogen-bond donors (Lipinski definition) is 2. The molecule has 8 nitrogen and oxygen atoms in total. The van der Waals surface area contributed by atoms with E-state index >= 15 is 0 Å². The minimum atomic E-state index is -0.406. The first-order valence-electron chi connectivity index (χ1n) is 13.1. The van der Waals surface area contributed by atoms with Crippen molar-refractivity contribution in [3.63, 3.8) is 0 Å². The van der Waals surface area contributed by atoms with Gasteiger partial charge in [0.2, 0.25) is 5.91 Å². The monoisotopic (exact) mass is 569 g/mol. The maximum absolute atomic E-state index is 12.0. The smallest absolute Gasteiger partial charge is 0.221 e. The molecule has 0 saturated carbocycles. The van der Waals surface area contributed by atoms with Gasteiger partial charge in [-0.25, -0.2) is 4.98 Å². The van der Waals surface area contributed by atoms with Crippen LogP contribution in [0.1, 0.15) is 68.6 Å². The van der Waals surface area contributed by atoms with E-state index in [-0.39, 0.29) is 18.2 Å². The fourth-order valence-electron chi connectivity index (χ4n) is 5.05. The Morgan fingerprint density at radius 1 is 1.10 bits per heavy atom. The highest BCUT2D eigenvalue weighted by atomic mass is 35.5. The van der Waals surface area contributed by atoms with Gasteiger partial charge >= 0.3 is 0 Å². The molecule has 0 spiro atoms. The minimum absolute atomic E-state index is 0.108. The summed E-state index contributed by atoms with van der Waals surface area (Å²) in [5.41, 5.74) is 9.07. The Kier molecular flexibility index (Phi) is 9.30. The van der Waals surface area contributed by atoms with Gasteiger partial charge in [-0.2, -0.15) is 5.10 Å². The average Bonchev–Trinajstić information content (AvgIpc) is 3.49. The molecule has 0 fully saturated rings. The lowest BCUT2D eigenvalue weighted by atomic mass is 10.0. The zero-order valence-corrected chi connectivity index (χ0v) is 23.9. The van der Waals surface area contributed by atoms with Crippen LogP contribution in [0.3, 0.4) is 0 Å². The zero-order valence-electron chi connectivity index (χ0n) is 22.4. The van der Waals surface area contributed by atoms with Gasteiger partial charge in [0.25, 0.3) is 0 Å². The number of nitrogens with zero attached hydrogens (tertiary/aromatic N) is 3. The van der Waals surface area contributed by atoms with Crippen molar-refractivity contribution in [2.24, 2.45) is 5.73 Å². The average molecular weight is 571 g/mol. The summed E-state index contributed by atoms with van der Waals surface area (Å²) in [6.45, 7) is 3.89. The summed E-state index contributed by atoms with van der Waals surface area (Å²) in [5.74, 6) is 1.73. The van der Waals surface area contributed by atoms with Crippen molar-refractivity contribution in [2.75, 3.05) is 7.11 Å². The lowest BCUT2D eigenvalue weighted by molar-refractivity contribution is -0.119. The van der Waals surface area contributed by atoms with Gasteiger partial charge < -0.3 is 15.0 Å². The molecule has 39 heavy (non-hydrogen) atoms. The number of carbonyl (C=O) groups excluding carboxylic acids is 2. The van der Waals surface area contributed by atoms with Gasteiger partial charge in [-0.1, -0.05) is 43.0 Å². The second kappa shape index (κ2) is 12.7. The minimum Gasteiger partial charge on any atom is -0.497 e. The molecule has 1 amide bonds. The summed E-state index contributed by atoms with van der Waals surface area (Å²) in [6, 6.07) is 10.8. The number of primary amides is 1. The van der Waals surface area contributed by atoms with Gasteiger partial charge in [0.05, 0.1) is 19.6 Å². The molecule has 10 heteroatoms. The van der Waals surface area contributed by atoms with Crippen LogP contribution >= 0.6 is 23.2 Å². The second-order valence-corrected chi connectivity index (χ2v) is 10.5. The number of unbranched alkanes of at least 4 members (excludes halogenated alkanes) is 2. The Morgan fingerprint density at radius 2 is 1.85 bits per heavy atom. The number of aromatic nitrogens is 4. The molecule has 4 aromatic rings. The van der Waals surface area contributed by atoms with Crippen molar-refractivity contribution in [1.29, 1.82) is 0 Å². The molecule has 206 valence electrons. The molecule has 4 rings (SSSR count). The molecule has 0 aliphatic rings. The van der Waals surface area contributed by atoms with Crippen molar-refractivity contribution in [3.05, 3.63) is 63.5 Å². The number of ketones is 1. The van der Waals surface area contributed by atoms with E-state index in [9.17, 15) is 9.59 Å². The van der Waals surface area contributed by atoms with Crippen molar-refractivity contribution < 1.29 is 14.3 Å². The van der Waals surface area contributed by atoms with Crippen molar-refractivity contribution in [1.82, 2.24) is 19.7 Å². The maximum atomic E-state index is 12.0. The summed E-state index contributed by atoms with van der Waals surface area (Å²) in [6.07, 6.45) is 4.65. The largest absolute Gasteiger partial charge is 0.497 e. The molecular formula is C29H33Cl2N5O3. The molecule has 0 aliphatic carbocycles. The number of benzene rings is 2. The third-order valence-corrected chi connectivity index (χ3v) is 7.45. The number of amides is 1. The maximum Gasteiger partial charge on any atom is 0.221 e. The van der Waals surface area contributed by atoms with Crippen LogP contribution in [0, 0.1) is 6.92 Å². The van der Waals surface area contributed by atoms with Gasteiger partial charge in [0, 0.05) is 45.0 Å². The predicted octanol–water partition coefficient (Wildman–Crippen LogP) is 6.60. The number of ether oxygens (including phenoxy) is 1. The first-order chi connectivity index (χ1) is 18.7. The van der Waals surface area contributed by atoms with Crippen molar-refractivity contribution in [2.45, 2.75) is 64.8 Å². The lowest BCUT2D eigenvalue weighted by Gasteiger charge is -2.20. The Morgan fingerprint density at radius 3 is 2.51 bits per heavy atom. The second-order valence-electron chi connectivity index (χ2n) is 9.67. The first kappa shape index (κ1) is 28.6. The third kappa shape index (κ3) is 6.62. The number of H-pyrrole nitrogens is 1. The number of carbonyl (C=O) groups is 2. The van der Waals surface area contributed by atoms with E-state index < -0.39 is 5.91 Å². The molecule has 0 radical (unpaired) electrons. The number of aromatic amines is 1. The molecule has 3 N–H and O–H groups in total. The number of nitrogens with two attached hydrogens (primary N) is 1. The Hall–Kier alpha value is -3.36. The number of rotatable bonds is 13. The quantitative estimate of drug-likeness (QED) is 0.176. The van der Waals surface area contributed by atoms with E-state index in [1.165, 1.54) is 0 Å². The summed E-state index contributed by atoms with van der Waals surface area (Å²) in [5, 5.41) is 9.52. The standard InChI is InChI=1S/C29H33Cl2N5O3/c1-4-21(37)8-6-5-7-9-26(29-33-28(34-35-29)18-12-19(30)14-20(31)13-18)36-17(2)23(16-27(32)38)24-15-22(39-3)10-11-25(24)36/h10-15,26H,4-9,16H2,1-3H3,(H2,32,38)(H,33,34,35)/t26-/m0/s1. The van der Waals surface area contributed by atoms with Crippen LogP contribution in [0.5, 0.6) is 5.75 Å². The van der Waals surface area contributed by atoms with Gasteiger partial charge in [0.15, 0.2) is 5.82 Å². The number of halogens is 2. The van der Waals surface area contributed by atoms with Gasteiger partial charge in [-0.05, 0) is 61.7 Å².